The summed E-state index contributed by atoms with van der Waals surface area (Å²) in [6.45, 7) is 4.02. The predicted molar refractivity (Wildman–Crippen MR) is 64.0 cm³/mol. The highest BCUT2D eigenvalue weighted by Crippen LogP contribution is 2.25. The van der Waals surface area contributed by atoms with Crippen molar-refractivity contribution in [1.82, 2.24) is 9.88 Å². The van der Waals surface area contributed by atoms with Gasteiger partial charge in [0.25, 0.3) is 0 Å². The van der Waals surface area contributed by atoms with Gasteiger partial charge in [-0.1, -0.05) is 13.0 Å². The lowest BCUT2D eigenvalue weighted by atomic mass is 10.0. The van der Waals surface area contributed by atoms with Crippen LogP contribution in [0.25, 0.3) is 0 Å². The van der Waals surface area contributed by atoms with E-state index in [1.54, 1.807) is 6.20 Å². The van der Waals surface area contributed by atoms with Gasteiger partial charge in [-0.3, -0.25) is 4.90 Å². The molecule has 2 rings (SSSR count). The number of rotatable bonds is 3. The van der Waals surface area contributed by atoms with Gasteiger partial charge in [-0.25, -0.2) is 4.98 Å². The van der Waals surface area contributed by atoms with Crippen LogP contribution >= 0.6 is 0 Å². The van der Waals surface area contributed by atoms with E-state index in [1.807, 2.05) is 12.1 Å². The van der Waals surface area contributed by atoms with Crippen LogP contribution in [0.3, 0.4) is 0 Å². The van der Waals surface area contributed by atoms with Crippen LogP contribution in [0.5, 0.6) is 0 Å². The first-order valence-corrected chi connectivity index (χ1v) is 5.95. The van der Waals surface area contributed by atoms with Crippen LogP contribution in [0, 0.1) is 17.2 Å². The second kappa shape index (κ2) is 5.26. The summed E-state index contributed by atoms with van der Waals surface area (Å²) in [6, 6.07) is 6.11. The fourth-order valence-corrected chi connectivity index (χ4v) is 2.46. The van der Waals surface area contributed by atoms with Crippen molar-refractivity contribution < 1.29 is 5.11 Å². The van der Waals surface area contributed by atoms with Crippen LogP contribution in [-0.4, -0.2) is 34.2 Å². The Bertz CT molecular complexity index is 427. The van der Waals surface area contributed by atoms with Crippen molar-refractivity contribution in [3.63, 3.8) is 0 Å². The summed E-state index contributed by atoms with van der Waals surface area (Å²) >= 11 is 0. The molecule has 0 aromatic carbocycles. The Morgan fingerprint density at radius 1 is 1.65 bits per heavy atom. The summed E-state index contributed by atoms with van der Waals surface area (Å²) < 4.78 is 0. The van der Waals surface area contributed by atoms with E-state index in [2.05, 4.69) is 22.9 Å². The van der Waals surface area contributed by atoms with E-state index in [9.17, 15) is 5.11 Å². The number of likely N-dealkylation sites (tertiary alicyclic amines) is 1. The summed E-state index contributed by atoms with van der Waals surface area (Å²) in [4.78, 5) is 6.30. The molecule has 0 saturated carbocycles. The van der Waals surface area contributed by atoms with Gasteiger partial charge in [0.05, 0.1) is 6.61 Å². The van der Waals surface area contributed by atoms with Gasteiger partial charge in [-0.05, 0) is 24.9 Å². The Kier molecular flexibility index (Phi) is 3.72. The monoisotopic (exact) mass is 231 g/mol. The van der Waals surface area contributed by atoms with Gasteiger partial charge in [0.2, 0.25) is 0 Å². The SMILES string of the molecule is CC1CCN(Cc2cccnc2C#N)C1CO. The summed E-state index contributed by atoms with van der Waals surface area (Å²) in [5, 5.41) is 18.4. The lowest BCUT2D eigenvalue weighted by Gasteiger charge is -2.25. The molecule has 0 bridgehead atoms. The fourth-order valence-electron chi connectivity index (χ4n) is 2.46. The van der Waals surface area contributed by atoms with Crippen LogP contribution in [-0.2, 0) is 6.54 Å². The van der Waals surface area contributed by atoms with Crippen LogP contribution < -0.4 is 0 Å². The molecule has 0 amide bonds. The van der Waals surface area contributed by atoms with Crippen molar-refractivity contribution >= 4 is 0 Å². The third-order valence-corrected chi connectivity index (χ3v) is 3.56. The zero-order valence-corrected chi connectivity index (χ0v) is 10.0. The molecule has 1 fully saturated rings. The van der Waals surface area contributed by atoms with Gasteiger partial charge in [-0.15, -0.1) is 0 Å². The van der Waals surface area contributed by atoms with E-state index in [4.69, 9.17) is 5.26 Å². The zero-order chi connectivity index (χ0) is 12.3. The molecule has 1 aromatic rings. The fraction of sp³-hybridized carbons (Fsp3) is 0.538. The Morgan fingerprint density at radius 2 is 2.47 bits per heavy atom. The van der Waals surface area contributed by atoms with Crippen LogP contribution in [0.1, 0.15) is 24.6 Å². The summed E-state index contributed by atoms with van der Waals surface area (Å²) in [5.41, 5.74) is 1.44. The summed E-state index contributed by atoms with van der Waals surface area (Å²) in [7, 11) is 0. The summed E-state index contributed by atoms with van der Waals surface area (Å²) in [5.74, 6) is 0.516. The number of aliphatic hydroxyl groups is 1. The first kappa shape index (κ1) is 12.0. The lowest BCUT2D eigenvalue weighted by molar-refractivity contribution is 0.134. The molecule has 17 heavy (non-hydrogen) atoms. The summed E-state index contributed by atoms with van der Waals surface area (Å²) in [6.07, 6.45) is 2.74. The van der Waals surface area contributed by atoms with Gasteiger partial charge in [0.1, 0.15) is 11.8 Å². The molecular formula is C13H17N3O. The predicted octanol–water partition coefficient (Wildman–Crippen LogP) is 1.16. The minimum atomic E-state index is 0.184. The standard InChI is InChI=1S/C13H17N3O/c1-10-4-6-16(13(10)9-17)8-11-3-2-5-15-12(11)7-14/h2-3,5,10,13,17H,4,6,8-9H2,1H3. The average molecular weight is 231 g/mol. The molecule has 4 nitrogen and oxygen atoms in total. The number of nitriles is 1. The second-order valence-electron chi connectivity index (χ2n) is 4.61. The number of aromatic nitrogens is 1. The minimum absolute atomic E-state index is 0.184. The highest BCUT2D eigenvalue weighted by molar-refractivity contribution is 5.30. The highest BCUT2D eigenvalue weighted by atomic mass is 16.3. The topological polar surface area (TPSA) is 60.2 Å². The van der Waals surface area contributed by atoms with E-state index in [0.717, 1.165) is 18.5 Å². The molecule has 0 radical (unpaired) electrons. The van der Waals surface area contributed by atoms with Gasteiger partial charge in [0, 0.05) is 24.3 Å². The second-order valence-corrected chi connectivity index (χ2v) is 4.61. The Balaban J connectivity index is 2.13. The highest BCUT2D eigenvalue weighted by Gasteiger charge is 2.30. The maximum Gasteiger partial charge on any atom is 0.144 e. The van der Waals surface area contributed by atoms with Crippen molar-refractivity contribution in [2.45, 2.75) is 25.9 Å². The average Bonchev–Trinajstić information content (AvgIpc) is 2.70. The molecule has 0 aliphatic carbocycles. The molecular weight excluding hydrogens is 214 g/mol. The van der Waals surface area contributed by atoms with Crippen molar-refractivity contribution in [3.05, 3.63) is 29.6 Å². The number of aliphatic hydroxyl groups excluding tert-OH is 1. The molecule has 4 heteroatoms. The first-order chi connectivity index (χ1) is 8.26. The van der Waals surface area contributed by atoms with E-state index >= 15 is 0 Å². The molecule has 2 unspecified atom stereocenters. The molecule has 0 spiro atoms. The molecule has 1 aliphatic heterocycles. The molecule has 1 N–H and O–H groups in total. The van der Waals surface area contributed by atoms with Gasteiger partial charge in [-0.2, -0.15) is 5.26 Å². The molecule has 2 atom stereocenters. The van der Waals surface area contributed by atoms with E-state index in [0.29, 0.717) is 18.2 Å². The Labute approximate surface area is 102 Å². The van der Waals surface area contributed by atoms with E-state index in [1.165, 1.54) is 0 Å². The maximum atomic E-state index is 9.39. The third kappa shape index (κ3) is 2.46. The number of hydrogen-bond acceptors (Lipinski definition) is 4. The van der Waals surface area contributed by atoms with Crippen molar-refractivity contribution in [3.8, 4) is 6.07 Å². The first-order valence-electron chi connectivity index (χ1n) is 5.95. The largest absolute Gasteiger partial charge is 0.395 e. The van der Waals surface area contributed by atoms with Crippen LogP contribution in [0.15, 0.2) is 18.3 Å². The van der Waals surface area contributed by atoms with Crippen molar-refractivity contribution in [2.75, 3.05) is 13.2 Å². The van der Waals surface area contributed by atoms with Crippen molar-refractivity contribution in [2.24, 2.45) is 5.92 Å². The maximum absolute atomic E-state index is 9.39. The molecule has 1 saturated heterocycles. The van der Waals surface area contributed by atoms with Gasteiger partial charge < -0.3 is 5.11 Å². The quantitative estimate of drug-likeness (QED) is 0.848. The number of hydrogen-bond donors (Lipinski definition) is 1. The molecule has 90 valence electrons. The zero-order valence-electron chi connectivity index (χ0n) is 10.0. The third-order valence-electron chi connectivity index (χ3n) is 3.56. The molecule has 2 heterocycles. The Morgan fingerprint density at radius 3 is 3.18 bits per heavy atom. The normalized spacial score (nSPS) is 24.8. The minimum Gasteiger partial charge on any atom is -0.395 e. The van der Waals surface area contributed by atoms with Crippen molar-refractivity contribution in [1.29, 1.82) is 5.26 Å². The smallest absolute Gasteiger partial charge is 0.144 e. The number of pyridine rings is 1. The molecule has 1 aromatic heterocycles. The Hall–Kier alpha value is -1.44. The van der Waals surface area contributed by atoms with Crippen LogP contribution in [0.4, 0.5) is 0 Å². The van der Waals surface area contributed by atoms with Gasteiger partial charge in [0.15, 0.2) is 0 Å². The van der Waals surface area contributed by atoms with E-state index in [-0.39, 0.29) is 12.6 Å². The van der Waals surface area contributed by atoms with E-state index < -0.39 is 0 Å². The molecule has 1 aliphatic rings. The number of nitrogens with zero attached hydrogens (tertiary/aromatic N) is 3. The van der Waals surface area contributed by atoms with Crippen LogP contribution in [0.2, 0.25) is 0 Å². The van der Waals surface area contributed by atoms with Gasteiger partial charge >= 0.3 is 0 Å². The lowest BCUT2D eigenvalue weighted by Crippen LogP contribution is -2.34.